The van der Waals surface area contributed by atoms with E-state index in [2.05, 4.69) is 56.2 Å². The van der Waals surface area contributed by atoms with Gasteiger partial charge in [0, 0.05) is 37.7 Å². The second kappa shape index (κ2) is 16.7. The van der Waals surface area contributed by atoms with Gasteiger partial charge in [-0.3, -0.25) is 0 Å². The molecular formula is C16H28Br2O3. The molecule has 0 aliphatic rings. The third-order valence-corrected chi connectivity index (χ3v) is 3.77. The number of halogens is 2. The zero-order valence-electron chi connectivity index (χ0n) is 13.1. The summed E-state index contributed by atoms with van der Waals surface area (Å²) in [5.74, 6) is 0. The van der Waals surface area contributed by atoms with Gasteiger partial charge in [0.05, 0.1) is 0 Å². The molecule has 3 nitrogen and oxygen atoms in total. The summed E-state index contributed by atoms with van der Waals surface area (Å²) >= 11 is 6.80. The van der Waals surface area contributed by atoms with Crippen molar-refractivity contribution in [2.24, 2.45) is 0 Å². The molecule has 0 bridgehead atoms. The van der Waals surface area contributed by atoms with Gasteiger partial charge in [0.25, 0.3) is 0 Å². The summed E-state index contributed by atoms with van der Waals surface area (Å²) in [7, 11) is 3.35. The molecule has 0 saturated carbocycles. The number of hydrogen-bond donors (Lipinski definition) is 0. The van der Waals surface area contributed by atoms with Gasteiger partial charge >= 0.3 is 0 Å². The molecule has 0 saturated heterocycles. The Morgan fingerprint density at radius 1 is 0.714 bits per heavy atom. The summed E-state index contributed by atoms with van der Waals surface area (Å²) in [5.41, 5.74) is 0. The first-order valence-electron chi connectivity index (χ1n) is 7.41. The van der Waals surface area contributed by atoms with Crippen molar-refractivity contribution in [3.63, 3.8) is 0 Å². The molecule has 0 radical (unpaired) electrons. The summed E-state index contributed by atoms with van der Waals surface area (Å²) in [6.07, 6.45) is 13.9. The number of ether oxygens (including phenoxy) is 3. The molecule has 0 aliphatic heterocycles. The maximum absolute atomic E-state index is 5.83. The van der Waals surface area contributed by atoms with Crippen LogP contribution in [0.2, 0.25) is 0 Å². The van der Waals surface area contributed by atoms with Crippen molar-refractivity contribution in [3.8, 4) is 0 Å². The number of hydrogen-bond acceptors (Lipinski definition) is 3. The van der Waals surface area contributed by atoms with Crippen LogP contribution in [0.1, 0.15) is 38.5 Å². The number of methoxy groups -OCH3 is 2. The molecule has 0 amide bonds. The van der Waals surface area contributed by atoms with Gasteiger partial charge in [-0.2, -0.15) is 0 Å². The monoisotopic (exact) mass is 426 g/mol. The highest BCUT2D eigenvalue weighted by molar-refractivity contribution is 9.09. The van der Waals surface area contributed by atoms with Crippen LogP contribution in [0.4, 0.5) is 0 Å². The predicted molar refractivity (Wildman–Crippen MR) is 96.2 cm³/mol. The van der Waals surface area contributed by atoms with E-state index in [1.54, 1.807) is 14.2 Å². The fraction of sp³-hybridized carbons (Fsp3) is 0.750. The van der Waals surface area contributed by atoms with E-state index in [1.807, 2.05) is 0 Å². The molecule has 0 rings (SSSR count). The van der Waals surface area contributed by atoms with Crippen molar-refractivity contribution in [1.82, 2.24) is 0 Å². The van der Waals surface area contributed by atoms with Crippen LogP contribution in [0.25, 0.3) is 0 Å². The standard InChI is InChI=1S/C16H28Br2O3/c1-19-15(11-7-3-5-9-13-17)21-16(20-2)12-8-4-6-10-14-18/h3-6,15-16H,7-14H2,1-2H3/b5-3-,6-4-. The van der Waals surface area contributed by atoms with Gasteiger partial charge in [0.2, 0.25) is 0 Å². The van der Waals surface area contributed by atoms with Gasteiger partial charge < -0.3 is 14.2 Å². The number of rotatable bonds is 14. The lowest BCUT2D eigenvalue weighted by Crippen LogP contribution is -2.25. The van der Waals surface area contributed by atoms with Crippen LogP contribution in [0.5, 0.6) is 0 Å². The van der Waals surface area contributed by atoms with Crippen molar-refractivity contribution >= 4 is 31.9 Å². The highest BCUT2D eigenvalue weighted by Gasteiger charge is 2.14. The minimum atomic E-state index is -0.213. The summed E-state index contributed by atoms with van der Waals surface area (Å²) in [6.45, 7) is 0. The topological polar surface area (TPSA) is 27.7 Å². The minimum absolute atomic E-state index is 0.213. The lowest BCUT2D eigenvalue weighted by Gasteiger charge is -2.22. The van der Waals surface area contributed by atoms with E-state index >= 15 is 0 Å². The van der Waals surface area contributed by atoms with Crippen LogP contribution in [0, 0.1) is 0 Å². The van der Waals surface area contributed by atoms with Crippen LogP contribution >= 0.6 is 31.9 Å². The number of alkyl halides is 2. The molecule has 0 aromatic heterocycles. The van der Waals surface area contributed by atoms with Crippen molar-refractivity contribution in [3.05, 3.63) is 24.3 Å². The first-order valence-corrected chi connectivity index (χ1v) is 9.65. The normalized spacial score (nSPS) is 15.0. The average molecular weight is 428 g/mol. The first-order chi connectivity index (χ1) is 10.3. The first kappa shape index (κ1) is 21.3. The third kappa shape index (κ3) is 13.7. The largest absolute Gasteiger partial charge is 0.356 e. The van der Waals surface area contributed by atoms with Gasteiger partial charge in [-0.15, -0.1) is 0 Å². The van der Waals surface area contributed by atoms with E-state index in [0.717, 1.165) is 49.2 Å². The van der Waals surface area contributed by atoms with Crippen LogP contribution in [-0.4, -0.2) is 37.5 Å². The predicted octanol–water partition coefficient (Wildman–Crippen LogP) is 5.19. The van der Waals surface area contributed by atoms with Gasteiger partial charge in [-0.25, -0.2) is 0 Å². The van der Waals surface area contributed by atoms with Crippen molar-refractivity contribution in [2.45, 2.75) is 51.1 Å². The van der Waals surface area contributed by atoms with E-state index in [0.29, 0.717) is 0 Å². The second-order valence-corrected chi connectivity index (χ2v) is 6.11. The molecule has 124 valence electrons. The Morgan fingerprint density at radius 2 is 1.10 bits per heavy atom. The zero-order valence-corrected chi connectivity index (χ0v) is 16.3. The molecule has 0 aromatic carbocycles. The van der Waals surface area contributed by atoms with E-state index in [-0.39, 0.29) is 12.6 Å². The lowest BCUT2D eigenvalue weighted by molar-refractivity contribution is -0.232. The third-order valence-electron chi connectivity index (χ3n) is 2.85. The SMILES string of the molecule is COC(CC/C=C\CCBr)OC(CC/C=C\CCBr)OC. The van der Waals surface area contributed by atoms with Crippen LogP contribution in [0.15, 0.2) is 24.3 Å². The fourth-order valence-corrected chi connectivity index (χ4v) is 2.24. The summed E-state index contributed by atoms with van der Waals surface area (Å²) in [5, 5.41) is 2.00. The van der Waals surface area contributed by atoms with Crippen molar-refractivity contribution in [2.75, 3.05) is 24.9 Å². The van der Waals surface area contributed by atoms with Crippen molar-refractivity contribution < 1.29 is 14.2 Å². The molecule has 21 heavy (non-hydrogen) atoms. The maximum atomic E-state index is 5.83. The van der Waals surface area contributed by atoms with E-state index < -0.39 is 0 Å². The number of allylic oxidation sites excluding steroid dienone is 4. The van der Waals surface area contributed by atoms with Gasteiger partial charge in [-0.1, -0.05) is 56.2 Å². The van der Waals surface area contributed by atoms with E-state index in [9.17, 15) is 0 Å². The molecule has 5 heteroatoms. The second-order valence-electron chi connectivity index (χ2n) is 4.52. The van der Waals surface area contributed by atoms with Gasteiger partial charge in [0.1, 0.15) is 0 Å². The molecule has 2 unspecified atom stereocenters. The summed E-state index contributed by atoms with van der Waals surface area (Å²) in [4.78, 5) is 0. The Labute approximate surface area is 146 Å². The minimum Gasteiger partial charge on any atom is -0.356 e. The molecule has 0 N–H and O–H groups in total. The molecule has 0 aromatic rings. The van der Waals surface area contributed by atoms with Crippen LogP contribution in [0.3, 0.4) is 0 Å². The Hall–Kier alpha value is 0.320. The fourth-order valence-electron chi connectivity index (χ4n) is 1.71. The highest BCUT2D eigenvalue weighted by Crippen LogP contribution is 2.12. The molecule has 0 fully saturated rings. The Bertz CT molecular complexity index is 244. The Kier molecular flexibility index (Phi) is 16.9. The quantitative estimate of drug-likeness (QED) is 0.217. The van der Waals surface area contributed by atoms with Crippen molar-refractivity contribution in [1.29, 1.82) is 0 Å². The summed E-state index contributed by atoms with van der Waals surface area (Å²) in [6, 6.07) is 0. The molecule has 0 spiro atoms. The maximum Gasteiger partial charge on any atom is 0.160 e. The van der Waals surface area contributed by atoms with Crippen LogP contribution < -0.4 is 0 Å². The Morgan fingerprint density at radius 3 is 1.43 bits per heavy atom. The molecular weight excluding hydrogens is 400 g/mol. The van der Waals surface area contributed by atoms with E-state index in [1.165, 1.54) is 0 Å². The molecule has 0 heterocycles. The smallest absolute Gasteiger partial charge is 0.160 e. The molecule has 2 atom stereocenters. The summed E-state index contributed by atoms with van der Waals surface area (Å²) < 4.78 is 16.6. The lowest BCUT2D eigenvalue weighted by atomic mass is 10.2. The zero-order chi connectivity index (χ0) is 15.8. The average Bonchev–Trinajstić information content (AvgIpc) is 2.51. The van der Waals surface area contributed by atoms with Crippen LogP contribution in [-0.2, 0) is 14.2 Å². The van der Waals surface area contributed by atoms with E-state index in [4.69, 9.17) is 14.2 Å². The van der Waals surface area contributed by atoms with Gasteiger partial charge in [0.15, 0.2) is 12.6 Å². The highest BCUT2D eigenvalue weighted by atomic mass is 79.9. The molecule has 0 aliphatic carbocycles. The van der Waals surface area contributed by atoms with Gasteiger partial charge in [-0.05, 0) is 25.7 Å². The Balaban J connectivity index is 3.93.